The quantitative estimate of drug-likeness (QED) is 0.641. The van der Waals surface area contributed by atoms with Crippen LogP contribution in [0.5, 0.6) is 0 Å². The molecule has 2 heterocycles. The lowest BCUT2D eigenvalue weighted by Gasteiger charge is -1.92. The zero-order valence-electron chi connectivity index (χ0n) is 6.51. The number of aromatic carboxylic acids is 1. The highest BCUT2D eigenvalue weighted by molar-refractivity contribution is 5.86. The second kappa shape index (κ2) is 2.44. The van der Waals surface area contributed by atoms with Crippen LogP contribution >= 0.6 is 0 Å². The van der Waals surface area contributed by atoms with Crippen LogP contribution < -0.4 is 5.73 Å². The largest absolute Gasteiger partial charge is 0.476 e. The van der Waals surface area contributed by atoms with Crippen LogP contribution in [0.25, 0.3) is 5.65 Å². The molecular formula is C7H6N4O2. The van der Waals surface area contributed by atoms with E-state index in [2.05, 4.69) is 10.1 Å². The maximum absolute atomic E-state index is 10.5. The third-order valence-corrected chi connectivity index (χ3v) is 1.55. The average molecular weight is 178 g/mol. The van der Waals surface area contributed by atoms with Crippen molar-refractivity contribution in [3.05, 3.63) is 24.2 Å². The zero-order chi connectivity index (χ0) is 9.42. The maximum Gasteiger partial charge on any atom is 0.356 e. The van der Waals surface area contributed by atoms with Gasteiger partial charge in [0.1, 0.15) is 0 Å². The Morgan fingerprint density at radius 2 is 2.38 bits per heavy atom. The number of carboxylic acids is 1. The van der Waals surface area contributed by atoms with Crippen molar-refractivity contribution in [2.75, 3.05) is 5.73 Å². The van der Waals surface area contributed by atoms with Gasteiger partial charge in [-0.3, -0.25) is 0 Å². The highest BCUT2D eigenvalue weighted by atomic mass is 16.4. The van der Waals surface area contributed by atoms with Crippen LogP contribution in [0.4, 0.5) is 5.69 Å². The zero-order valence-corrected chi connectivity index (χ0v) is 6.51. The molecule has 0 aliphatic rings. The third kappa shape index (κ3) is 1.18. The summed E-state index contributed by atoms with van der Waals surface area (Å²) in [5, 5.41) is 12.4. The normalized spacial score (nSPS) is 10.5. The van der Waals surface area contributed by atoms with E-state index in [1.807, 2.05) is 0 Å². The Labute approximate surface area is 72.6 Å². The van der Waals surface area contributed by atoms with Gasteiger partial charge >= 0.3 is 5.97 Å². The predicted molar refractivity (Wildman–Crippen MR) is 44.4 cm³/mol. The van der Waals surface area contributed by atoms with Gasteiger partial charge < -0.3 is 10.8 Å². The standard InChI is InChI=1S/C7H6N4O2/c8-4-2-9-6-1-5(7(12)13)10-11(6)3-4/h1-3H,8H2,(H,12,13). The Hall–Kier alpha value is -2.11. The number of carboxylic acid groups (broad SMARTS) is 1. The molecule has 0 spiro atoms. The number of aromatic nitrogens is 3. The lowest BCUT2D eigenvalue weighted by molar-refractivity contribution is 0.0690. The van der Waals surface area contributed by atoms with Crippen molar-refractivity contribution >= 4 is 17.3 Å². The van der Waals surface area contributed by atoms with E-state index in [1.54, 1.807) is 0 Å². The lowest BCUT2D eigenvalue weighted by Crippen LogP contribution is -1.98. The van der Waals surface area contributed by atoms with Gasteiger partial charge in [0.2, 0.25) is 0 Å². The molecule has 0 atom stereocenters. The van der Waals surface area contributed by atoms with Crippen LogP contribution in [0, 0.1) is 0 Å². The highest BCUT2D eigenvalue weighted by Crippen LogP contribution is 2.05. The smallest absolute Gasteiger partial charge is 0.356 e. The van der Waals surface area contributed by atoms with Gasteiger partial charge in [-0.2, -0.15) is 5.10 Å². The molecule has 0 aromatic carbocycles. The first kappa shape index (κ1) is 7.53. The van der Waals surface area contributed by atoms with Gasteiger partial charge in [0.25, 0.3) is 0 Å². The minimum absolute atomic E-state index is 0.0434. The molecule has 6 heteroatoms. The van der Waals surface area contributed by atoms with E-state index in [1.165, 1.54) is 23.0 Å². The van der Waals surface area contributed by atoms with Gasteiger partial charge in [-0.25, -0.2) is 14.3 Å². The molecule has 3 N–H and O–H groups in total. The van der Waals surface area contributed by atoms with Crippen molar-refractivity contribution in [2.24, 2.45) is 0 Å². The van der Waals surface area contributed by atoms with Crippen LogP contribution in [0.2, 0.25) is 0 Å². The fraction of sp³-hybridized carbons (Fsp3) is 0. The van der Waals surface area contributed by atoms with Crippen LogP contribution in [-0.4, -0.2) is 25.7 Å². The summed E-state index contributed by atoms with van der Waals surface area (Å²) in [5.74, 6) is -1.08. The molecule has 0 aliphatic carbocycles. The van der Waals surface area contributed by atoms with E-state index in [9.17, 15) is 4.79 Å². The van der Waals surface area contributed by atoms with Gasteiger partial charge in [0.15, 0.2) is 11.3 Å². The van der Waals surface area contributed by atoms with Crippen molar-refractivity contribution < 1.29 is 9.90 Å². The molecule has 66 valence electrons. The number of nitrogens with two attached hydrogens (primary N) is 1. The molecule has 0 bridgehead atoms. The topological polar surface area (TPSA) is 93.5 Å². The summed E-state index contributed by atoms with van der Waals surface area (Å²) in [7, 11) is 0. The predicted octanol–water partition coefficient (Wildman–Crippen LogP) is 0.00970. The molecule has 2 aromatic heterocycles. The van der Waals surface area contributed by atoms with Gasteiger partial charge in [-0.1, -0.05) is 0 Å². The number of hydrogen-bond acceptors (Lipinski definition) is 4. The van der Waals surface area contributed by atoms with Crippen LogP contribution in [0.3, 0.4) is 0 Å². The number of nitrogens with zero attached hydrogens (tertiary/aromatic N) is 3. The monoisotopic (exact) mass is 178 g/mol. The Bertz CT molecular complexity index is 476. The SMILES string of the molecule is Nc1cnc2cc(C(=O)O)nn2c1. The Morgan fingerprint density at radius 3 is 3.08 bits per heavy atom. The average Bonchev–Trinajstić information content (AvgIpc) is 2.46. The molecule has 0 amide bonds. The first-order chi connectivity index (χ1) is 6.16. The number of anilines is 1. The summed E-state index contributed by atoms with van der Waals surface area (Å²) in [6.45, 7) is 0. The molecule has 13 heavy (non-hydrogen) atoms. The minimum atomic E-state index is -1.08. The number of rotatable bonds is 1. The molecule has 2 aromatic rings. The Balaban J connectivity index is 2.68. The first-order valence-electron chi connectivity index (χ1n) is 3.51. The van der Waals surface area contributed by atoms with E-state index < -0.39 is 5.97 Å². The van der Waals surface area contributed by atoms with Crippen LogP contribution in [-0.2, 0) is 0 Å². The van der Waals surface area contributed by atoms with E-state index in [4.69, 9.17) is 10.8 Å². The molecule has 0 aliphatic heterocycles. The molecule has 6 nitrogen and oxygen atoms in total. The van der Waals surface area contributed by atoms with Crippen molar-refractivity contribution in [2.45, 2.75) is 0 Å². The summed E-state index contributed by atoms with van der Waals surface area (Å²) in [4.78, 5) is 14.4. The molecule has 2 rings (SSSR count). The molecule has 0 saturated carbocycles. The van der Waals surface area contributed by atoms with Gasteiger partial charge in [-0.05, 0) is 0 Å². The van der Waals surface area contributed by atoms with Crippen molar-refractivity contribution in [3.8, 4) is 0 Å². The third-order valence-electron chi connectivity index (χ3n) is 1.55. The van der Waals surface area contributed by atoms with Crippen molar-refractivity contribution in [3.63, 3.8) is 0 Å². The maximum atomic E-state index is 10.5. The van der Waals surface area contributed by atoms with Crippen LogP contribution in [0.1, 0.15) is 10.5 Å². The second-order valence-electron chi connectivity index (χ2n) is 2.52. The molecule has 0 fully saturated rings. The molecule has 0 unspecified atom stereocenters. The number of carbonyl (C=O) groups is 1. The van der Waals surface area contributed by atoms with E-state index in [0.29, 0.717) is 11.3 Å². The fourth-order valence-corrected chi connectivity index (χ4v) is 0.996. The van der Waals surface area contributed by atoms with Crippen LogP contribution in [0.15, 0.2) is 18.5 Å². The van der Waals surface area contributed by atoms with Crippen molar-refractivity contribution in [1.29, 1.82) is 0 Å². The summed E-state index contributed by atoms with van der Waals surface area (Å²) >= 11 is 0. The molecular weight excluding hydrogens is 172 g/mol. The summed E-state index contributed by atoms with van der Waals surface area (Å²) in [5.41, 5.74) is 6.30. The number of fused-ring (bicyclic) bond motifs is 1. The highest BCUT2D eigenvalue weighted by Gasteiger charge is 2.08. The van der Waals surface area contributed by atoms with Crippen molar-refractivity contribution in [1.82, 2.24) is 14.6 Å². The summed E-state index contributed by atoms with van der Waals surface area (Å²) < 4.78 is 1.33. The van der Waals surface area contributed by atoms with E-state index in [-0.39, 0.29) is 5.69 Å². The van der Waals surface area contributed by atoms with Gasteiger partial charge in [0.05, 0.1) is 18.1 Å². The Kier molecular flexibility index (Phi) is 1.42. The fourth-order valence-electron chi connectivity index (χ4n) is 0.996. The molecule has 0 saturated heterocycles. The van der Waals surface area contributed by atoms with E-state index in [0.717, 1.165) is 0 Å². The minimum Gasteiger partial charge on any atom is -0.476 e. The first-order valence-corrected chi connectivity index (χ1v) is 3.51. The second-order valence-corrected chi connectivity index (χ2v) is 2.52. The summed E-state index contributed by atoms with van der Waals surface area (Å²) in [6.07, 6.45) is 2.96. The summed E-state index contributed by atoms with van der Waals surface area (Å²) in [6, 6.07) is 1.38. The lowest BCUT2D eigenvalue weighted by atomic mass is 10.4. The molecule has 0 radical (unpaired) electrons. The van der Waals surface area contributed by atoms with Gasteiger partial charge in [0, 0.05) is 6.07 Å². The Morgan fingerprint density at radius 1 is 1.62 bits per heavy atom. The number of hydrogen-bond donors (Lipinski definition) is 2. The van der Waals surface area contributed by atoms with Gasteiger partial charge in [-0.15, -0.1) is 0 Å². The van der Waals surface area contributed by atoms with E-state index >= 15 is 0 Å². The number of nitrogen functional groups attached to an aromatic ring is 1.